The highest BCUT2D eigenvalue weighted by Gasteiger charge is 2.32. The Kier molecular flexibility index (Phi) is 4.66. The van der Waals surface area contributed by atoms with Crippen LogP contribution in [0, 0.1) is 5.92 Å². The van der Waals surface area contributed by atoms with Gasteiger partial charge in [0.2, 0.25) is 0 Å². The molecular formula is C14H28N2. The van der Waals surface area contributed by atoms with Gasteiger partial charge in [-0.25, -0.2) is 0 Å². The molecule has 0 radical (unpaired) electrons. The monoisotopic (exact) mass is 224 g/mol. The maximum atomic E-state index is 5.76. The SMILES string of the molecule is CC1CCCCC1N1CCCCC1CCN. The van der Waals surface area contributed by atoms with Gasteiger partial charge >= 0.3 is 0 Å². The summed E-state index contributed by atoms with van der Waals surface area (Å²) in [6, 6.07) is 1.66. The van der Waals surface area contributed by atoms with Gasteiger partial charge in [0.1, 0.15) is 0 Å². The first-order valence-corrected chi connectivity index (χ1v) is 7.28. The first kappa shape index (κ1) is 12.4. The predicted octanol–water partition coefficient (Wildman–Crippen LogP) is 2.77. The van der Waals surface area contributed by atoms with Crippen molar-refractivity contribution in [2.24, 2.45) is 11.7 Å². The van der Waals surface area contributed by atoms with E-state index >= 15 is 0 Å². The van der Waals surface area contributed by atoms with Gasteiger partial charge in [0.25, 0.3) is 0 Å². The van der Waals surface area contributed by atoms with Crippen LogP contribution in [0.2, 0.25) is 0 Å². The number of hydrogen-bond acceptors (Lipinski definition) is 2. The van der Waals surface area contributed by atoms with Crippen molar-refractivity contribution in [2.75, 3.05) is 13.1 Å². The molecular weight excluding hydrogens is 196 g/mol. The van der Waals surface area contributed by atoms with Crippen LogP contribution in [0.25, 0.3) is 0 Å². The molecule has 0 aromatic heterocycles. The second kappa shape index (κ2) is 6.02. The van der Waals surface area contributed by atoms with Crippen LogP contribution in [-0.4, -0.2) is 30.1 Å². The van der Waals surface area contributed by atoms with E-state index in [4.69, 9.17) is 5.73 Å². The molecule has 0 aromatic carbocycles. The summed E-state index contributed by atoms with van der Waals surface area (Å²) in [5.41, 5.74) is 5.76. The molecule has 2 aliphatic rings. The van der Waals surface area contributed by atoms with E-state index in [0.717, 1.165) is 24.5 Å². The van der Waals surface area contributed by atoms with E-state index in [2.05, 4.69) is 11.8 Å². The van der Waals surface area contributed by atoms with Crippen LogP contribution in [0.15, 0.2) is 0 Å². The first-order chi connectivity index (χ1) is 7.83. The number of hydrogen-bond donors (Lipinski definition) is 1. The van der Waals surface area contributed by atoms with E-state index < -0.39 is 0 Å². The summed E-state index contributed by atoms with van der Waals surface area (Å²) in [6.07, 6.45) is 11.2. The molecule has 3 unspecified atom stereocenters. The van der Waals surface area contributed by atoms with Crippen molar-refractivity contribution in [3.8, 4) is 0 Å². The second-order valence-electron chi connectivity index (χ2n) is 5.79. The van der Waals surface area contributed by atoms with Crippen molar-refractivity contribution in [3.63, 3.8) is 0 Å². The molecule has 3 atom stereocenters. The van der Waals surface area contributed by atoms with E-state index in [1.165, 1.54) is 57.9 Å². The smallest absolute Gasteiger partial charge is 0.0124 e. The van der Waals surface area contributed by atoms with Crippen LogP contribution in [0.3, 0.4) is 0 Å². The van der Waals surface area contributed by atoms with Gasteiger partial charge in [-0.2, -0.15) is 0 Å². The van der Waals surface area contributed by atoms with Crippen LogP contribution < -0.4 is 5.73 Å². The highest BCUT2D eigenvalue weighted by atomic mass is 15.2. The number of likely N-dealkylation sites (tertiary alicyclic amines) is 1. The number of rotatable bonds is 3. The van der Waals surface area contributed by atoms with Gasteiger partial charge in [0, 0.05) is 12.1 Å². The second-order valence-corrected chi connectivity index (χ2v) is 5.79. The van der Waals surface area contributed by atoms with Crippen molar-refractivity contribution in [2.45, 2.75) is 70.4 Å². The number of nitrogens with zero attached hydrogens (tertiary/aromatic N) is 1. The minimum atomic E-state index is 0.796. The van der Waals surface area contributed by atoms with Gasteiger partial charge in [-0.05, 0) is 51.1 Å². The Bertz CT molecular complexity index is 203. The average Bonchev–Trinajstić information content (AvgIpc) is 2.31. The molecule has 0 amide bonds. The van der Waals surface area contributed by atoms with Crippen LogP contribution >= 0.6 is 0 Å². The molecule has 2 fully saturated rings. The van der Waals surface area contributed by atoms with Crippen LogP contribution in [0.1, 0.15) is 58.3 Å². The Hall–Kier alpha value is -0.0800. The normalized spacial score (nSPS) is 37.5. The van der Waals surface area contributed by atoms with E-state index in [9.17, 15) is 0 Å². The lowest BCUT2D eigenvalue weighted by molar-refractivity contribution is 0.0411. The molecule has 16 heavy (non-hydrogen) atoms. The summed E-state index contributed by atoms with van der Waals surface area (Å²) < 4.78 is 0. The van der Waals surface area contributed by atoms with Gasteiger partial charge < -0.3 is 5.73 Å². The highest BCUT2D eigenvalue weighted by Crippen LogP contribution is 2.32. The quantitative estimate of drug-likeness (QED) is 0.798. The molecule has 1 aliphatic heterocycles. The third-order valence-corrected chi connectivity index (χ3v) is 4.66. The highest BCUT2D eigenvalue weighted by molar-refractivity contribution is 4.87. The Morgan fingerprint density at radius 2 is 1.81 bits per heavy atom. The molecule has 94 valence electrons. The van der Waals surface area contributed by atoms with E-state index in [-0.39, 0.29) is 0 Å². The predicted molar refractivity (Wildman–Crippen MR) is 69.4 cm³/mol. The Balaban J connectivity index is 1.97. The summed E-state index contributed by atoms with van der Waals surface area (Å²) in [7, 11) is 0. The summed E-state index contributed by atoms with van der Waals surface area (Å²) in [6.45, 7) is 4.65. The molecule has 0 bridgehead atoms. The topological polar surface area (TPSA) is 29.3 Å². The lowest BCUT2D eigenvalue weighted by atomic mass is 9.82. The first-order valence-electron chi connectivity index (χ1n) is 7.28. The molecule has 2 rings (SSSR count). The fourth-order valence-corrected chi connectivity index (χ4v) is 3.75. The maximum Gasteiger partial charge on any atom is 0.0124 e. The zero-order valence-electron chi connectivity index (χ0n) is 10.8. The van der Waals surface area contributed by atoms with Gasteiger partial charge in [0.15, 0.2) is 0 Å². The standard InChI is InChI=1S/C14H28N2/c1-12-6-2-3-8-14(12)16-11-5-4-7-13(16)9-10-15/h12-14H,2-11,15H2,1H3. The van der Waals surface area contributed by atoms with Crippen LogP contribution in [0.5, 0.6) is 0 Å². The summed E-state index contributed by atoms with van der Waals surface area (Å²) in [4.78, 5) is 2.82. The lowest BCUT2D eigenvalue weighted by Gasteiger charge is -2.45. The molecule has 1 heterocycles. The van der Waals surface area contributed by atoms with Crippen molar-refractivity contribution in [1.29, 1.82) is 0 Å². The molecule has 2 N–H and O–H groups in total. The van der Waals surface area contributed by atoms with Crippen molar-refractivity contribution >= 4 is 0 Å². The molecule has 1 saturated carbocycles. The summed E-state index contributed by atoms with van der Waals surface area (Å²) in [5, 5.41) is 0. The Labute approximate surface area is 101 Å². The molecule has 1 aliphatic carbocycles. The Morgan fingerprint density at radius 1 is 1.06 bits per heavy atom. The van der Waals surface area contributed by atoms with Crippen molar-refractivity contribution < 1.29 is 0 Å². The average molecular weight is 224 g/mol. The van der Waals surface area contributed by atoms with Gasteiger partial charge in [0.05, 0.1) is 0 Å². The zero-order valence-corrected chi connectivity index (χ0v) is 10.8. The minimum absolute atomic E-state index is 0.796. The van der Waals surface area contributed by atoms with E-state index in [1.807, 2.05) is 0 Å². The van der Waals surface area contributed by atoms with Gasteiger partial charge in [-0.1, -0.05) is 26.2 Å². The third-order valence-electron chi connectivity index (χ3n) is 4.66. The van der Waals surface area contributed by atoms with Gasteiger partial charge in [-0.3, -0.25) is 4.90 Å². The molecule has 2 heteroatoms. The van der Waals surface area contributed by atoms with Crippen molar-refractivity contribution in [3.05, 3.63) is 0 Å². The Morgan fingerprint density at radius 3 is 2.56 bits per heavy atom. The lowest BCUT2D eigenvalue weighted by Crippen LogP contribution is -2.50. The molecule has 2 nitrogen and oxygen atoms in total. The van der Waals surface area contributed by atoms with Gasteiger partial charge in [-0.15, -0.1) is 0 Å². The largest absolute Gasteiger partial charge is 0.330 e. The number of nitrogens with two attached hydrogens (primary N) is 1. The van der Waals surface area contributed by atoms with E-state index in [0.29, 0.717) is 0 Å². The number of piperidine rings is 1. The maximum absolute atomic E-state index is 5.76. The molecule has 0 spiro atoms. The van der Waals surface area contributed by atoms with E-state index in [1.54, 1.807) is 0 Å². The fourth-order valence-electron chi connectivity index (χ4n) is 3.75. The summed E-state index contributed by atoms with van der Waals surface area (Å²) >= 11 is 0. The third kappa shape index (κ3) is 2.78. The zero-order chi connectivity index (χ0) is 11.4. The molecule has 0 aromatic rings. The summed E-state index contributed by atoms with van der Waals surface area (Å²) in [5.74, 6) is 0.909. The van der Waals surface area contributed by atoms with Crippen LogP contribution in [0.4, 0.5) is 0 Å². The fraction of sp³-hybridized carbons (Fsp3) is 1.00. The van der Waals surface area contributed by atoms with Crippen molar-refractivity contribution in [1.82, 2.24) is 4.90 Å². The minimum Gasteiger partial charge on any atom is -0.330 e. The molecule has 1 saturated heterocycles. The van der Waals surface area contributed by atoms with Crippen LogP contribution in [-0.2, 0) is 0 Å².